The van der Waals surface area contributed by atoms with Gasteiger partial charge in [0.15, 0.2) is 0 Å². The number of carbonyl (C=O) groups is 1. The molecule has 0 atom stereocenters. The average Bonchev–Trinajstić information content (AvgIpc) is 2.54. The number of methoxy groups -OCH3 is 1. The maximum Gasteiger partial charge on any atom is 0.307 e. The Morgan fingerprint density at radius 3 is 2.76 bits per heavy atom. The highest BCUT2D eigenvalue weighted by molar-refractivity contribution is 5.92. The summed E-state index contributed by atoms with van der Waals surface area (Å²) in [7, 11) is 3.52. The van der Waals surface area contributed by atoms with E-state index in [1.54, 1.807) is 7.11 Å². The van der Waals surface area contributed by atoms with E-state index in [-0.39, 0.29) is 6.42 Å². The van der Waals surface area contributed by atoms with Gasteiger partial charge in [-0.2, -0.15) is 0 Å². The highest BCUT2D eigenvalue weighted by Gasteiger charge is 2.13. The predicted molar refractivity (Wildman–Crippen MR) is 65.5 cm³/mol. The Balaban J connectivity index is 2.72. The monoisotopic (exact) mass is 233 g/mol. The number of aliphatic carboxylic acids is 1. The van der Waals surface area contributed by atoms with Gasteiger partial charge in [-0.3, -0.25) is 4.79 Å². The first kappa shape index (κ1) is 11.5. The lowest BCUT2D eigenvalue weighted by Gasteiger charge is -2.06. The molecule has 0 spiro atoms. The first-order valence-electron chi connectivity index (χ1n) is 5.37. The third kappa shape index (κ3) is 1.98. The lowest BCUT2D eigenvalue weighted by Crippen LogP contribution is -1.99. The molecule has 0 aliphatic rings. The van der Waals surface area contributed by atoms with Gasteiger partial charge < -0.3 is 14.4 Å². The molecular weight excluding hydrogens is 218 g/mol. The van der Waals surface area contributed by atoms with E-state index < -0.39 is 5.97 Å². The molecule has 90 valence electrons. The molecule has 0 saturated heterocycles. The van der Waals surface area contributed by atoms with Gasteiger partial charge in [-0.15, -0.1) is 0 Å². The summed E-state index contributed by atoms with van der Waals surface area (Å²) in [4.78, 5) is 10.8. The van der Waals surface area contributed by atoms with E-state index in [0.717, 1.165) is 27.8 Å². The van der Waals surface area contributed by atoms with Crippen molar-refractivity contribution >= 4 is 16.9 Å². The molecule has 0 aliphatic carbocycles. The van der Waals surface area contributed by atoms with Gasteiger partial charge in [0.05, 0.1) is 19.0 Å². The number of ether oxygens (including phenoxy) is 1. The molecule has 1 aromatic carbocycles. The van der Waals surface area contributed by atoms with E-state index in [1.807, 2.05) is 36.9 Å². The number of rotatable bonds is 3. The van der Waals surface area contributed by atoms with Crippen molar-refractivity contribution in [1.82, 2.24) is 4.57 Å². The molecule has 1 heterocycles. The highest BCUT2D eigenvalue weighted by atomic mass is 16.5. The number of carboxylic acid groups (broad SMARTS) is 1. The second kappa shape index (κ2) is 4.13. The molecule has 17 heavy (non-hydrogen) atoms. The van der Waals surface area contributed by atoms with E-state index in [2.05, 4.69) is 0 Å². The third-order valence-corrected chi connectivity index (χ3v) is 2.83. The van der Waals surface area contributed by atoms with Crippen LogP contribution in [0.1, 0.15) is 11.1 Å². The van der Waals surface area contributed by atoms with Crippen molar-refractivity contribution in [3.63, 3.8) is 0 Å². The maximum atomic E-state index is 10.8. The molecule has 4 heteroatoms. The quantitative estimate of drug-likeness (QED) is 0.883. The van der Waals surface area contributed by atoms with Gasteiger partial charge in [0.25, 0.3) is 0 Å². The van der Waals surface area contributed by atoms with Gasteiger partial charge in [0.1, 0.15) is 5.75 Å². The van der Waals surface area contributed by atoms with Crippen LogP contribution >= 0.6 is 0 Å². The maximum absolute atomic E-state index is 10.8. The molecule has 1 aromatic heterocycles. The van der Waals surface area contributed by atoms with Crippen molar-refractivity contribution in [3.8, 4) is 5.75 Å². The summed E-state index contributed by atoms with van der Waals surface area (Å²) in [5.74, 6) is -0.0443. The van der Waals surface area contributed by atoms with Crippen molar-refractivity contribution in [2.45, 2.75) is 13.3 Å². The Bertz CT molecular complexity index is 584. The Labute approximate surface area is 99.4 Å². The van der Waals surface area contributed by atoms with Crippen LogP contribution in [-0.4, -0.2) is 22.8 Å². The first-order valence-corrected chi connectivity index (χ1v) is 5.37. The van der Waals surface area contributed by atoms with E-state index in [0.29, 0.717) is 0 Å². The summed E-state index contributed by atoms with van der Waals surface area (Å²) in [5, 5.41) is 9.84. The number of hydrogen-bond donors (Lipinski definition) is 1. The molecular formula is C13H15NO3. The predicted octanol–water partition coefficient (Wildman–Crippen LogP) is 2.12. The molecule has 0 fully saturated rings. The fourth-order valence-electron chi connectivity index (χ4n) is 2.18. The lowest BCUT2D eigenvalue weighted by atomic mass is 10.1. The van der Waals surface area contributed by atoms with Crippen LogP contribution in [0, 0.1) is 6.92 Å². The Morgan fingerprint density at radius 1 is 1.47 bits per heavy atom. The lowest BCUT2D eigenvalue weighted by molar-refractivity contribution is -0.136. The van der Waals surface area contributed by atoms with Gasteiger partial charge in [0.2, 0.25) is 0 Å². The second-order valence-corrected chi connectivity index (χ2v) is 4.20. The minimum atomic E-state index is -0.821. The summed E-state index contributed by atoms with van der Waals surface area (Å²) in [6.45, 7) is 1.97. The second-order valence-electron chi connectivity index (χ2n) is 4.20. The van der Waals surface area contributed by atoms with Crippen LogP contribution in [0.15, 0.2) is 18.3 Å². The van der Waals surface area contributed by atoms with Gasteiger partial charge in [-0.25, -0.2) is 0 Å². The van der Waals surface area contributed by atoms with Crippen molar-refractivity contribution in [2.24, 2.45) is 7.05 Å². The summed E-state index contributed by atoms with van der Waals surface area (Å²) in [5.41, 5.74) is 2.82. The first-order chi connectivity index (χ1) is 8.02. The SMILES string of the molecule is COc1cc(C)cc2c(CC(=O)O)cn(C)c12. The number of aromatic nitrogens is 1. The topological polar surface area (TPSA) is 51.5 Å². The fraction of sp³-hybridized carbons (Fsp3) is 0.308. The molecule has 1 N–H and O–H groups in total. The van der Waals surface area contributed by atoms with E-state index in [9.17, 15) is 4.79 Å². The molecule has 0 bridgehead atoms. The van der Waals surface area contributed by atoms with Crippen molar-refractivity contribution < 1.29 is 14.6 Å². The number of nitrogens with zero attached hydrogens (tertiary/aromatic N) is 1. The normalized spacial score (nSPS) is 10.8. The smallest absolute Gasteiger partial charge is 0.307 e. The van der Waals surface area contributed by atoms with Crippen LogP contribution in [0.5, 0.6) is 5.75 Å². The summed E-state index contributed by atoms with van der Waals surface area (Å²) >= 11 is 0. The summed E-state index contributed by atoms with van der Waals surface area (Å²) < 4.78 is 7.25. The number of aryl methyl sites for hydroxylation is 2. The molecule has 2 aromatic rings. The Hall–Kier alpha value is -1.97. The van der Waals surface area contributed by atoms with Gasteiger partial charge in [-0.05, 0) is 30.2 Å². The van der Waals surface area contributed by atoms with Crippen molar-refractivity contribution in [1.29, 1.82) is 0 Å². The largest absolute Gasteiger partial charge is 0.495 e. The van der Waals surface area contributed by atoms with Crippen LogP contribution in [0.4, 0.5) is 0 Å². The van der Waals surface area contributed by atoms with Gasteiger partial charge in [-0.1, -0.05) is 0 Å². The molecule has 0 saturated carbocycles. The van der Waals surface area contributed by atoms with Crippen LogP contribution in [0.2, 0.25) is 0 Å². The molecule has 0 amide bonds. The van der Waals surface area contributed by atoms with Gasteiger partial charge in [0, 0.05) is 18.6 Å². The van der Waals surface area contributed by atoms with E-state index >= 15 is 0 Å². The average molecular weight is 233 g/mol. The molecule has 0 aliphatic heterocycles. The summed E-state index contributed by atoms with van der Waals surface area (Å²) in [6.07, 6.45) is 1.88. The molecule has 0 radical (unpaired) electrons. The van der Waals surface area contributed by atoms with E-state index in [1.165, 1.54) is 0 Å². The van der Waals surface area contributed by atoms with Gasteiger partial charge >= 0.3 is 5.97 Å². The fourth-order valence-corrected chi connectivity index (χ4v) is 2.18. The number of hydrogen-bond acceptors (Lipinski definition) is 2. The minimum absolute atomic E-state index is 0.0317. The van der Waals surface area contributed by atoms with E-state index in [4.69, 9.17) is 9.84 Å². The molecule has 2 rings (SSSR count). The Kier molecular flexibility index (Phi) is 2.79. The zero-order chi connectivity index (χ0) is 12.6. The van der Waals surface area contributed by atoms with Crippen molar-refractivity contribution in [2.75, 3.05) is 7.11 Å². The van der Waals surface area contributed by atoms with Crippen LogP contribution in [-0.2, 0) is 18.3 Å². The van der Waals surface area contributed by atoms with Crippen molar-refractivity contribution in [3.05, 3.63) is 29.5 Å². The standard InChI is InChI=1S/C13H15NO3/c1-8-4-10-9(6-12(15)16)7-14(2)13(10)11(5-8)17-3/h4-5,7H,6H2,1-3H3,(H,15,16). The number of fused-ring (bicyclic) bond motifs is 1. The minimum Gasteiger partial charge on any atom is -0.495 e. The van der Waals surface area contributed by atoms with Crippen LogP contribution in [0.25, 0.3) is 10.9 Å². The highest BCUT2D eigenvalue weighted by Crippen LogP contribution is 2.31. The number of carboxylic acids is 1. The zero-order valence-electron chi connectivity index (χ0n) is 10.2. The Morgan fingerprint density at radius 2 is 2.18 bits per heavy atom. The zero-order valence-corrected chi connectivity index (χ0v) is 10.2. The molecule has 0 unspecified atom stereocenters. The van der Waals surface area contributed by atoms with Crippen LogP contribution in [0.3, 0.4) is 0 Å². The summed E-state index contributed by atoms with van der Waals surface area (Å²) in [6, 6.07) is 3.95. The molecule has 4 nitrogen and oxygen atoms in total. The number of benzene rings is 1. The van der Waals surface area contributed by atoms with Crippen LogP contribution < -0.4 is 4.74 Å². The third-order valence-electron chi connectivity index (χ3n) is 2.83.